The zero-order chi connectivity index (χ0) is 52.2. The van der Waals surface area contributed by atoms with Crippen molar-refractivity contribution in [3.8, 4) is 0 Å². The first-order valence-corrected chi connectivity index (χ1v) is 32.6. The van der Waals surface area contributed by atoms with Gasteiger partial charge in [0.25, 0.3) is 0 Å². The lowest BCUT2D eigenvalue weighted by Gasteiger charge is -2.22. The number of allylic oxidation sites excluding steroid dienone is 4. The smallest absolute Gasteiger partial charge is 0.305 e. The molecule has 2 atom stereocenters. The predicted octanol–water partition coefficient (Wildman–Crippen LogP) is 20.6. The van der Waals surface area contributed by atoms with Crippen molar-refractivity contribution in [1.82, 2.24) is 5.32 Å². The Morgan fingerprint density at radius 1 is 0.389 bits per heavy atom. The molecule has 0 saturated heterocycles. The number of esters is 1. The minimum absolute atomic E-state index is 0.0133. The SMILES string of the molecule is CCCCCCCCCCCCCCCCC(=O)OCCCCCCCCCCC/C=C\C/C=C\CCCCCCCCCCCCCC(=O)NC(CO)C(O)CCCCCCCCCCCCCCCC. The third-order valence-electron chi connectivity index (χ3n) is 15.3. The van der Waals surface area contributed by atoms with E-state index < -0.39 is 12.1 Å². The molecule has 0 aliphatic heterocycles. The Balaban J connectivity index is 3.40. The van der Waals surface area contributed by atoms with Crippen LogP contribution in [0.4, 0.5) is 0 Å². The van der Waals surface area contributed by atoms with Crippen LogP contribution in [0.15, 0.2) is 24.3 Å². The molecule has 0 rings (SSSR count). The fraction of sp³-hybridized carbons (Fsp3) is 0.909. The number of hydrogen-bond acceptors (Lipinski definition) is 5. The maximum atomic E-state index is 12.5. The molecular formula is C66H127NO5. The number of carbonyl (C=O) groups is 2. The van der Waals surface area contributed by atoms with E-state index in [0.29, 0.717) is 25.9 Å². The Bertz CT molecular complexity index is 1120. The summed E-state index contributed by atoms with van der Waals surface area (Å²) in [5.74, 6) is -0.0229. The quantitative estimate of drug-likeness (QED) is 0.0320. The molecule has 6 nitrogen and oxygen atoms in total. The van der Waals surface area contributed by atoms with E-state index >= 15 is 0 Å². The van der Waals surface area contributed by atoms with Gasteiger partial charge in [-0.25, -0.2) is 0 Å². The van der Waals surface area contributed by atoms with E-state index in [1.807, 2.05) is 0 Å². The molecule has 0 saturated carbocycles. The van der Waals surface area contributed by atoms with Gasteiger partial charge in [0.2, 0.25) is 5.91 Å². The number of ether oxygens (including phenoxy) is 1. The summed E-state index contributed by atoms with van der Waals surface area (Å²) >= 11 is 0. The van der Waals surface area contributed by atoms with E-state index in [1.54, 1.807) is 0 Å². The third kappa shape index (κ3) is 57.6. The molecule has 0 bridgehead atoms. The molecule has 0 radical (unpaired) electrons. The van der Waals surface area contributed by atoms with Crippen molar-refractivity contribution < 1.29 is 24.5 Å². The zero-order valence-corrected chi connectivity index (χ0v) is 48.7. The molecule has 0 aliphatic carbocycles. The van der Waals surface area contributed by atoms with Gasteiger partial charge in [-0.1, -0.05) is 314 Å². The van der Waals surface area contributed by atoms with Crippen LogP contribution in [0.25, 0.3) is 0 Å². The van der Waals surface area contributed by atoms with Gasteiger partial charge in [-0.2, -0.15) is 0 Å². The Morgan fingerprint density at radius 2 is 0.694 bits per heavy atom. The second-order valence-electron chi connectivity index (χ2n) is 22.5. The van der Waals surface area contributed by atoms with E-state index in [4.69, 9.17) is 4.74 Å². The van der Waals surface area contributed by atoms with Crippen LogP contribution in [-0.2, 0) is 14.3 Å². The van der Waals surface area contributed by atoms with Crippen LogP contribution in [0.3, 0.4) is 0 Å². The fourth-order valence-corrected chi connectivity index (χ4v) is 10.3. The van der Waals surface area contributed by atoms with Crippen molar-refractivity contribution in [2.45, 2.75) is 373 Å². The lowest BCUT2D eigenvalue weighted by Crippen LogP contribution is -2.45. The van der Waals surface area contributed by atoms with Crippen molar-refractivity contribution in [2.75, 3.05) is 13.2 Å². The topological polar surface area (TPSA) is 95.9 Å². The second kappa shape index (κ2) is 61.9. The highest BCUT2D eigenvalue weighted by Gasteiger charge is 2.20. The van der Waals surface area contributed by atoms with E-state index in [9.17, 15) is 19.8 Å². The molecular weight excluding hydrogens is 887 g/mol. The van der Waals surface area contributed by atoms with Gasteiger partial charge >= 0.3 is 5.97 Å². The second-order valence-corrected chi connectivity index (χ2v) is 22.5. The Hall–Kier alpha value is -1.66. The highest BCUT2D eigenvalue weighted by Crippen LogP contribution is 2.18. The molecule has 0 aromatic heterocycles. The molecule has 0 aromatic carbocycles. The first-order valence-electron chi connectivity index (χ1n) is 32.6. The average molecular weight is 1010 g/mol. The van der Waals surface area contributed by atoms with Crippen molar-refractivity contribution >= 4 is 11.9 Å². The minimum Gasteiger partial charge on any atom is -0.466 e. The van der Waals surface area contributed by atoms with Crippen LogP contribution < -0.4 is 5.32 Å². The highest BCUT2D eigenvalue weighted by atomic mass is 16.5. The van der Waals surface area contributed by atoms with Gasteiger partial charge in [0.15, 0.2) is 0 Å². The zero-order valence-electron chi connectivity index (χ0n) is 48.7. The Kier molecular flexibility index (Phi) is 60.5. The van der Waals surface area contributed by atoms with Crippen LogP contribution in [0.5, 0.6) is 0 Å². The van der Waals surface area contributed by atoms with Gasteiger partial charge in [-0.15, -0.1) is 0 Å². The van der Waals surface area contributed by atoms with Crippen molar-refractivity contribution in [2.24, 2.45) is 0 Å². The van der Waals surface area contributed by atoms with Crippen molar-refractivity contribution in [1.29, 1.82) is 0 Å². The van der Waals surface area contributed by atoms with Gasteiger partial charge in [0, 0.05) is 12.8 Å². The fourth-order valence-electron chi connectivity index (χ4n) is 10.3. The third-order valence-corrected chi connectivity index (χ3v) is 15.3. The number of unbranched alkanes of at least 4 members (excludes halogenated alkanes) is 46. The summed E-state index contributed by atoms with van der Waals surface area (Å²) in [5.41, 5.74) is 0. The molecule has 2 unspecified atom stereocenters. The van der Waals surface area contributed by atoms with Crippen LogP contribution in [0.1, 0.15) is 361 Å². The number of carbonyl (C=O) groups excluding carboxylic acids is 2. The summed E-state index contributed by atoms with van der Waals surface area (Å²) < 4.78 is 5.48. The monoisotopic (exact) mass is 1010 g/mol. The molecule has 0 spiro atoms. The number of aliphatic hydroxyl groups excluding tert-OH is 2. The summed E-state index contributed by atoms with van der Waals surface area (Å²) in [4.78, 5) is 24.5. The molecule has 3 N–H and O–H groups in total. The standard InChI is InChI=1S/C66H127NO5/c1-3-5-7-9-11-13-15-17-34-38-42-46-50-54-58-64(69)63(62-68)67-65(70)59-55-51-47-43-39-35-32-30-28-26-24-22-20-19-21-23-25-27-29-31-33-37-41-45-49-53-57-61-72-66(71)60-56-52-48-44-40-36-18-16-14-12-10-8-6-4-2/h19-20,23,25,63-64,68-69H,3-18,21-22,24,26-62H2,1-2H3,(H,67,70)/b20-19-,25-23-. The lowest BCUT2D eigenvalue weighted by atomic mass is 10.0. The first kappa shape index (κ1) is 70.3. The summed E-state index contributed by atoms with van der Waals surface area (Å²) in [5, 5.41) is 23.3. The number of hydrogen-bond donors (Lipinski definition) is 3. The molecule has 0 fully saturated rings. The number of nitrogens with one attached hydrogen (secondary N) is 1. The Labute approximate surface area is 450 Å². The molecule has 0 aliphatic rings. The minimum atomic E-state index is -0.666. The largest absolute Gasteiger partial charge is 0.466 e. The maximum Gasteiger partial charge on any atom is 0.305 e. The van der Waals surface area contributed by atoms with Gasteiger partial charge in [-0.3, -0.25) is 9.59 Å². The number of amides is 1. The average Bonchev–Trinajstić information content (AvgIpc) is 3.38. The van der Waals surface area contributed by atoms with Crippen molar-refractivity contribution in [3.63, 3.8) is 0 Å². The van der Waals surface area contributed by atoms with E-state index in [2.05, 4.69) is 43.5 Å². The summed E-state index contributed by atoms with van der Waals surface area (Å²) in [6, 6.07) is -0.543. The molecule has 72 heavy (non-hydrogen) atoms. The maximum absolute atomic E-state index is 12.5. The van der Waals surface area contributed by atoms with Crippen LogP contribution >= 0.6 is 0 Å². The lowest BCUT2D eigenvalue weighted by molar-refractivity contribution is -0.143. The van der Waals surface area contributed by atoms with Crippen LogP contribution in [-0.4, -0.2) is 47.4 Å². The van der Waals surface area contributed by atoms with E-state index in [0.717, 1.165) is 44.9 Å². The predicted molar refractivity (Wildman–Crippen MR) is 315 cm³/mol. The molecule has 1 amide bonds. The first-order chi connectivity index (χ1) is 35.5. The van der Waals surface area contributed by atoms with Gasteiger partial charge in [0.1, 0.15) is 0 Å². The Morgan fingerprint density at radius 3 is 1.06 bits per heavy atom. The highest BCUT2D eigenvalue weighted by molar-refractivity contribution is 5.76. The summed E-state index contributed by atoms with van der Waals surface area (Å²) in [6.07, 6.45) is 76.3. The van der Waals surface area contributed by atoms with E-state index in [1.165, 1.54) is 283 Å². The summed E-state index contributed by atoms with van der Waals surface area (Å²) in [7, 11) is 0. The van der Waals surface area contributed by atoms with Crippen molar-refractivity contribution in [3.05, 3.63) is 24.3 Å². The van der Waals surface area contributed by atoms with Crippen LogP contribution in [0, 0.1) is 0 Å². The number of aliphatic hydroxyl groups is 2. The van der Waals surface area contributed by atoms with Crippen LogP contribution in [0.2, 0.25) is 0 Å². The van der Waals surface area contributed by atoms with Gasteiger partial charge in [-0.05, 0) is 57.8 Å². The van der Waals surface area contributed by atoms with Gasteiger partial charge < -0.3 is 20.3 Å². The van der Waals surface area contributed by atoms with Gasteiger partial charge in [0.05, 0.1) is 25.4 Å². The molecule has 6 heteroatoms. The summed E-state index contributed by atoms with van der Waals surface area (Å²) in [6.45, 7) is 4.97. The number of rotatable bonds is 61. The molecule has 426 valence electrons. The normalized spacial score (nSPS) is 12.7. The molecule has 0 aromatic rings. The molecule has 0 heterocycles. The van der Waals surface area contributed by atoms with E-state index in [-0.39, 0.29) is 18.5 Å².